The third-order valence-electron chi connectivity index (χ3n) is 4.35. The van der Waals surface area contributed by atoms with Gasteiger partial charge >= 0.3 is 0 Å². The molecule has 1 heterocycles. The number of aliphatic hydroxyl groups excluding tert-OH is 1. The number of hydrogen-bond donors (Lipinski definition) is 3. The summed E-state index contributed by atoms with van der Waals surface area (Å²) in [6.45, 7) is 3.83. The predicted octanol–water partition coefficient (Wildman–Crippen LogP) is 3.63. The second-order valence-electron chi connectivity index (χ2n) is 6.72. The number of sulfonamides is 1. The molecule has 2 aromatic carbocycles. The lowest BCUT2D eigenvalue weighted by Crippen LogP contribution is -2.29. The summed E-state index contributed by atoms with van der Waals surface area (Å²) in [5, 5.41) is 14.4. The van der Waals surface area contributed by atoms with E-state index in [0.29, 0.717) is 11.3 Å². The van der Waals surface area contributed by atoms with Crippen molar-refractivity contribution in [3.63, 3.8) is 0 Å². The average molecular weight is 431 g/mol. The number of aliphatic hydroxyl groups is 1. The molecular formula is C21H22N2O4S2. The van der Waals surface area contributed by atoms with Gasteiger partial charge in [-0.25, -0.2) is 8.42 Å². The van der Waals surface area contributed by atoms with E-state index in [1.54, 1.807) is 41.8 Å². The SMILES string of the molecule is Cc1ccc(NS(=O)(=O)c2ccsc2C(=O)NCC(O)c2ccc(C)cc2)cc1. The minimum Gasteiger partial charge on any atom is -0.387 e. The molecule has 0 aliphatic carbocycles. The van der Waals surface area contributed by atoms with E-state index in [-0.39, 0.29) is 16.3 Å². The second-order valence-corrected chi connectivity index (χ2v) is 9.29. The molecule has 0 fully saturated rings. The highest BCUT2D eigenvalue weighted by atomic mass is 32.2. The number of benzene rings is 2. The molecule has 29 heavy (non-hydrogen) atoms. The van der Waals surface area contributed by atoms with Crippen molar-refractivity contribution in [1.82, 2.24) is 5.32 Å². The van der Waals surface area contributed by atoms with E-state index in [2.05, 4.69) is 10.0 Å². The Morgan fingerprint density at radius 2 is 1.59 bits per heavy atom. The van der Waals surface area contributed by atoms with Gasteiger partial charge in [-0.3, -0.25) is 9.52 Å². The van der Waals surface area contributed by atoms with Gasteiger partial charge in [-0.15, -0.1) is 11.3 Å². The van der Waals surface area contributed by atoms with Crippen LogP contribution in [0.3, 0.4) is 0 Å². The summed E-state index contributed by atoms with van der Waals surface area (Å²) in [7, 11) is -3.92. The minimum absolute atomic E-state index is 0.0231. The maximum Gasteiger partial charge on any atom is 0.263 e. The average Bonchev–Trinajstić information content (AvgIpc) is 3.19. The number of thiophene rings is 1. The molecule has 3 aromatic rings. The van der Waals surface area contributed by atoms with Crippen LogP contribution in [-0.2, 0) is 10.0 Å². The fraction of sp³-hybridized carbons (Fsp3) is 0.190. The summed E-state index contributed by atoms with van der Waals surface area (Å²) in [6.07, 6.45) is -0.884. The standard InChI is InChI=1S/C21H22N2O4S2/c1-14-3-7-16(8-4-14)18(24)13-22-21(25)20-19(11-12-28-20)29(26,27)23-17-9-5-15(2)6-10-17/h3-12,18,23-24H,13H2,1-2H3,(H,22,25). The normalized spacial score (nSPS) is 12.4. The van der Waals surface area contributed by atoms with Crippen LogP contribution in [-0.4, -0.2) is 26.0 Å². The lowest BCUT2D eigenvalue weighted by Gasteiger charge is -2.13. The molecule has 0 spiro atoms. The molecule has 1 atom stereocenters. The third-order valence-corrected chi connectivity index (χ3v) is 6.81. The Bertz CT molecular complexity index is 1090. The number of hydrogen-bond acceptors (Lipinski definition) is 5. The van der Waals surface area contributed by atoms with Gasteiger partial charge in [-0.2, -0.15) is 0 Å². The second kappa shape index (κ2) is 8.77. The topological polar surface area (TPSA) is 95.5 Å². The Morgan fingerprint density at radius 3 is 2.21 bits per heavy atom. The summed E-state index contributed by atoms with van der Waals surface area (Å²) in [6, 6.07) is 15.6. The largest absolute Gasteiger partial charge is 0.387 e. The van der Waals surface area contributed by atoms with Crippen LogP contribution in [0, 0.1) is 13.8 Å². The van der Waals surface area contributed by atoms with E-state index in [0.717, 1.165) is 22.5 Å². The van der Waals surface area contributed by atoms with Crippen molar-refractivity contribution in [2.75, 3.05) is 11.3 Å². The van der Waals surface area contributed by atoms with Crippen molar-refractivity contribution in [2.24, 2.45) is 0 Å². The van der Waals surface area contributed by atoms with E-state index in [1.165, 1.54) is 6.07 Å². The molecule has 1 aromatic heterocycles. The number of rotatable bonds is 7. The number of anilines is 1. The van der Waals surface area contributed by atoms with E-state index >= 15 is 0 Å². The Balaban J connectivity index is 1.70. The molecule has 0 bridgehead atoms. The number of amides is 1. The lowest BCUT2D eigenvalue weighted by molar-refractivity contribution is 0.0917. The Kier molecular flexibility index (Phi) is 6.36. The Labute approximate surface area is 174 Å². The molecule has 1 unspecified atom stereocenters. The Hall–Kier alpha value is -2.68. The third kappa shape index (κ3) is 5.23. The molecule has 3 N–H and O–H groups in total. The molecule has 1 amide bonds. The van der Waals surface area contributed by atoms with Crippen molar-refractivity contribution in [1.29, 1.82) is 0 Å². The van der Waals surface area contributed by atoms with Crippen molar-refractivity contribution < 1.29 is 18.3 Å². The summed E-state index contributed by atoms with van der Waals surface area (Å²) in [5.74, 6) is -0.546. The van der Waals surface area contributed by atoms with E-state index < -0.39 is 22.0 Å². The fourth-order valence-electron chi connectivity index (χ4n) is 2.68. The van der Waals surface area contributed by atoms with Gasteiger partial charge in [0.2, 0.25) is 0 Å². The first kappa shape index (κ1) is 21.0. The van der Waals surface area contributed by atoms with Gasteiger partial charge in [-0.1, -0.05) is 47.5 Å². The van der Waals surface area contributed by atoms with E-state index in [1.807, 2.05) is 26.0 Å². The van der Waals surface area contributed by atoms with Crippen LogP contribution in [0.2, 0.25) is 0 Å². The number of nitrogens with one attached hydrogen (secondary N) is 2. The van der Waals surface area contributed by atoms with Crippen LogP contribution in [0.4, 0.5) is 5.69 Å². The summed E-state index contributed by atoms with van der Waals surface area (Å²) in [5.41, 5.74) is 3.18. The van der Waals surface area contributed by atoms with Gasteiger partial charge in [0.1, 0.15) is 9.77 Å². The summed E-state index contributed by atoms with van der Waals surface area (Å²) < 4.78 is 27.9. The summed E-state index contributed by atoms with van der Waals surface area (Å²) in [4.78, 5) is 12.5. The fourth-order valence-corrected chi connectivity index (χ4v) is 5.09. The number of carbonyl (C=O) groups excluding carboxylic acids is 1. The maximum atomic E-state index is 12.7. The van der Waals surface area contributed by atoms with Crippen LogP contribution in [0.5, 0.6) is 0 Å². The number of carbonyl (C=O) groups is 1. The zero-order chi connectivity index (χ0) is 21.0. The van der Waals surface area contributed by atoms with Gasteiger partial charge in [0.05, 0.1) is 6.10 Å². The monoisotopic (exact) mass is 430 g/mol. The molecule has 0 aliphatic heterocycles. The molecule has 3 rings (SSSR count). The molecule has 6 nitrogen and oxygen atoms in total. The van der Waals surface area contributed by atoms with Crippen molar-refractivity contribution >= 4 is 33.0 Å². The zero-order valence-corrected chi connectivity index (χ0v) is 17.7. The van der Waals surface area contributed by atoms with Gasteiger partial charge in [0, 0.05) is 12.2 Å². The predicted molar refractivity (Wildman–Crippen MR) is 115 cm³/mol. The molecule has 0 radical (unpaired) electrons. The van der Waals surface area contributed by atoms with Crippen LogP contribution in [0.15, 0.2) is 64.9 Å². The van der Waals surface area contributed by atoms with Crippen LogP contribution >= 0.6 is 11.3 Å². The van der Waals surface area contributed by atoms with Crippen LogP contribution in [0.25, 0.3) is 0 Å². The van der Waals surface area contributed by atoms with Gasteiger partial charge in [-0.05, 0) is 43.0 Å². The van der Waals surface area contributed by atoms with E-state index in [9.17, 15) is 18.3 Å². The minimum atomic E-state index is -3.92. The zero-order valence-electron chi connectivity index (χ0n) is 16.0. The van der Waals surface area contributed by atoms with Gasteiger partial charge in [0.25, 0.3) is 15.9 Å². The quantitative estimate of drug-likeness (QED) is 0.533. The first-order chi connectivity index (χ1) is 13.8. The lowest BCUT2D eigenvalue weighted by atomic mass is 10.1. The highest BCUT2D eigenvalue weighted by Gasteiger charge is 2.24. The Morgan fingerprint density at radius 1 is 1.00 bits per heavy atom. The van der Waals surface area contributed by atoms with Crippen LogP contribution < -0.4 is 10.0 Å². The molecular weight excluding hydrogens is 408 g/mol. The highest BCUT2D eigenvalue weighted by molar-refractivity contribution is 7.93. The smallest absolute Gasteiger partial charge is 0.263 e. The summed E-state index contributed by atoms with van der Waals surface area (Å²) >= 11 is 1.03. The number of aryl methyl sites for hydroxylation is 2. The first-order valence-corrected chi connectivity index (χ1v) is 11.3. The van der Waals surface area contributed by atoms with Crippen LogP contribution in [0.1, 0.15) is 32.5 Å². The molecule has 0 saturated carbocycles. The van der Waals surface area contributed by atoms with Crippen molar-refractivity contribution in [2.45, 2.75) is 24.8 Å². The first-order valence-electron chi connectivity index (χ1n) is 8.96. The molecule has 8 heteroatoms. The highest BCUT2D eigenvalue weighted by Crippen LogP contribution is 2.25. The van der Waals surface area contributed by atoms with E-state index in [4.69, 9.17) is 0 Å². The van der Waals surface area contributed by atoms with Gasteiger partial charge < -0.3 is 10.4 Å². The molecule has 0 aliphatic rings. The molecule has 0 saturated heterocycles. The van der Waals surface area contributed by atoms with Crippen molar-refractivity contribution in [3.05, 3.63) is 81.5 Å². The van der Waals surface area contributed by atoms with Gasteiger partial charge in [0.15, 0.2) is 0 Å². The molecule has 152 valence electrons. The maximum absolute atomic E-state index is 12.7. The van der Waals surface area contributed by atoms with Crippen molar-refractivity contribution in [3.8, 4) is 0 Å².